The molecule has 4 nitrogen and oxygen atoms in total. The fourth-order valence-electron chi connectivity index (χ4n) is 2.56. The van der Waals surface area contributed by atoms with Gasteiger partial charge in [0.15, 0.2) is 5.82 Å². The molecule has 1 aromatic heterocycles. The third-order valence-electron chi connectivity index (χ3n) is 3.87. The second kappa shape index (κ2) is 6.39. The molecule has 1 saturated heterocycles. The average Bonchev–Trinajstić information content (AvgIpc) is 2.55. The van der Waals surface area contributed by atoms with E-state index in [0.29, 0.717) is 17.1 Å². The molecule has 0 aliphatic carbocycles. The minimum absolute atomic E-state index is 0.0536. The summed E-state index contributed by atoms with van der Waals surface area (Å²) in [5, 5.41) is -0.775. The van der Waals surface area contributed by atoms with E-state index >= 15 is 0 Å². The van der Waals surface area contributed by atoms with Crippen molar-refractivity contribution < 1.29 is 18.0 Å². The molecular weight excluding hydrogens is 343 g/mol. The van der Waals surface area contributed by atoms with Gasteiger partial charge in [-0.2, -0.15) is 0 Å². The molecule has 1 aliphatic heterocycles. The summed E-state index contributed by atoms with van der Waals surface area (Å²) in [4.78, 5) is 21.4. The molecular formula is C16H13ClF3N3O. The van der Waals surface area contributed by atoms with Gasteiger partial charge in [-0.1, -0.05) is 0 Å². The SMILES string of the molecule is O=C(Cl)c1cnc(N2CCC(F)(F)CC2)c(-c2ccc(F)cc2)n1. The van der Waals surface area contributed by atoms with Gasteiger partial charge in [0.1, 0.15) is 17.2 Å². The summed E-state index contributed by atoms with van der Waals surface area (Å²) in [6.45, 7) is 0.230. The molecule has 0 amide bonds. The standard InChI is InChI=1S/C16H13ClF3N3O/c17-14(24)12-9-21-15(23-7-5-16(19,20)6-8-23)13(22-12)10-1-3-11(18)4-2-10/h1-4,9H,5-8H2. The van der Waals surface area contributed by atoms with Gasteiger partial charge in [0.2, 0.25) is 0 Å². The number of aromatic nitrogens is 2. The number of alkyl halides is 2. The van der Waals surface area contributed by atoms with Crippen LogP contribution in [0.1, 0.15) is 23.3 Å². The van der Waals surface area contributed by atoms with Gasteiger partial charge in [-0.15, -0.1) is 0 Å². The summed E-state index contributed by atoms with van der Waals surface area (Å²) < 4.78 is 39.9. The van der Waals surface area contributed by atoms with Crippen molar-refractivity contribution in [3.8, 4) is 11.3 Å². The maximum atomic E-state index is 13.4. The third-order valence-corrected chi connectivity index (χ3v) is 4.06. The Morgan fingerprint density at radius 2 is 1.79 bits per heavy atom. The number of anilines is 1. The third kappa shape index (κ3) is 3.51. The summed E-state index contributed by atoms with van der Waals surface area (Å²) in [7, 11) is 0. The highest BCUT2D eigenvalue weighted by Gasteiger charge is 2.35. The van der Waals surface area contributed by atoms with Crippen molar-refractivity contribution in [2.75, 3.05) is 18.0 Å². The van der Waals surface area contributed by atoms with Crippen LogP contribution < -0.4 is 4.90 Å². The zero-order chi connectivity index (χ0) is 17.3. The zero-order valence-electron chi connectivity index (χ0n) is 12.5. The molecule has 0 radical (unpaired) electrons. The number of carbonyl (C=O) groups excluding carboxylic acids is 1. The van der Waals surface area contributed by atoms with Crippen molar-refractivity contribution in [3.63, 3.8) is 0 Å². The maximum absolute atomic E-state index is 13.4. The van der Waals surface area contributed by atoms with Crippen LogP contribution in [0.2, 0.25) is 0 Å². The number of benzene rings is 1. The molecule has 0 saturated carbocycles. The monoisotopic (exact) mass is 355 g/mol. The van der Waals surface area contributed by atoms with Crippen molar-refractivity contribution in [3.05, 3.63) is 42.0 Å². The minimum atomic E-state index is -2.69. The first-order valence-corrected chi connectivity index (χ1v) is 7.69. The van der Waals surface area contributed by atoms with Crippen molar-refractivity contribution in [1.82, 2.24) is 9.97 Å². The molecule has 0 unspecified atom stereocenters. The van der Waals surface area contributed by atoms with Crippen LogP contribution in [0.25, 0.3) is 11.3 Å². The summed E-state index contributed by atoms with van der Waals surface area (Å²) in [6, 6.07) is 5.48. The lowest BCUT2D eigenvalue weighted by Crippen LogP contribution is -2.40. The Morgan fingerprint density at radius 3 is 2.38 bits per heavy atom. The fourth-order valence-corrected chi connectivity index (χ4v) is 2.65. The molecule has 2 heterocycles. The smallest absolute Gasteiger partial charge is 0.272 e. The summed E-state index contributed by atoms with van der Waals surface area (Å²) >= 11 is 5.45. The highest BCUT2D eigenvalue weighted by Crippen LogP contribution is 2.34. The van der Waals surface area contributed by atoms with E-state index in [1.807, 2.05) is 0 Å². The quantitative estimate of drug-likeness (QED) is 0.783. The molecule has 1 fully saturated rings. The molecule has 3 rings (SSSR count). The van der Waals surface area contributed by atoms with E-state index in [2.05, 4.69) is 9.97 Å². The maximum Gasteiger partial charge on any atom is 0.272 e. The van der Waals surface area contributed by atoms with Crippen LogP contribution >= 0.6 is 11.6 Å². The lowest BCUT2D eigenvalue weighted by atomic mass is 10.1. The Kier molecular flexibility index (Phi) is 4.45. The molecule has 24 heavy (non-hydrogen) atoms. The van der Waals surface area contributed by atoms with E-state index in [1.165, 1.54) is 30.5 Å². The number of rotatable bonds is 3. The number of hydrogen-bond donors (Lipinski definition) is 0. The van der Waals surface area contributed by atoms with Crippen molar-refractivity contribution >= 4 is 22.7 Å². The van der Waals surface area contributed by atoms with Gasteiger partial charge >= 0.3 is 0 Å². The molecule has 2 aromatic rings. The van der Waals surface area contributed by atoms with Crippen molar-refractivity contribution in [2.45, 2.75) is 18.8 Å². The number of carbonyl (C=O) groups is 1. The number of piperidine rings is 1. The van der Waals surface area contributed by atoms with E-state index < -0.39 is 17.0 Å². The highest BCUT2D eigenvalue weighted by molar-refractivity contribution is 6.67. The Bertz CT molecular complexity index is 758. The van der Waals surface area contributed by atoms with Crippen LogP contribution in [0.4, 0.5) is 19.0 Å². The van der Waals surface area contributed by atoms with E-state index in [9.17, 15) is 18.0 Å². The molecule has 0 atom stereocenters. The Hall–Kier alpha value is -2.15. The highest BCUT2D eigenvalue weighted by atomic mass is 35.5. The normalized spacial score (nSPS) is 16.9. The molecule has 0 bridgehead atoms. The van der Waals surface area contributed by atoms with E-state index in [0.717, 1.165) is 0 Å². The van der Waals surface area contributed by atoms with Gasteiger partial charge in [-0.25, -0.2) is 23.1 Å². The molecule has 126 valence electrons. The number of nitrogens with zero attached hydrogens (tertiary/aromatic N) is 3. The van der Waals surface area contributed by atoms with Crippen LogP contribution in [-0.4, -0.2) is 34.2 Å². The fraction of sp³-hybridized carbons (Fsp3) is 0.312. The van der Waals surface area contributed by atoms with Gasteiger partial charge in [0.25, 0.3) is 11.2 Å². The van der Waals surface area contributed by atoms with Crippen LogP contribution in [0.3, 0.4) is 0 Å². The second-order valence-electron chi connectivity index (χ2n) is 5.55. The Balaban J connectivity index is 2.02. The van der Waals surface area contributed by atoms with E-state index in [1.54, 1.807) is 4.90 Å². The topological polar surface area (TPSA) is 46.1 Å². The Labute approximate surface area is 141 Å². The van der Waals surface area contributed by atoms with Crippen molar-refractivity contribution in [1.29, 1.82) is 0 Å². The lowest BCUT2D eigenvalue weighted by molar-refractivity contribution is -0.0221. The van der Waals surface area contributed by atoms with Gasteiger partial charge in [-0.05, 0) is 35.9 Å². The zero-order valence-corrected chi connectivity index (χ0v) is 13.2. The van der Waals surface area contributed by atoms with E-state index in [-0.39, 0.29) is 31.6 Å². The molecule has 8 heteroatoms. The van der Waals surface area contributed by atoms with Gasteiger partial charge < -0.3 is 4.90 Å². The van der Waals surface area contributed by atoms with Crippen molar-refractivity contribution in [2.24, 2.45) is 0 Å². The predicted octanol–water partition coefficient (Wildman–Crippen LogP) is 3.90. The molecule has 1 aromatic carbocycles. The predicted molar refractivity (Wildman–Crippen MR) is 84.0 cm³/mol. The summed E-state index contributed by atoms with van der Waals surface area (Å²) in [5.41, 5.74) is 0.782. The van der Waals surface area contributed by atoms with E-state index in [4.69, 9.17) is 11.6 Å². The van der Waals surface area contributed by atoms with Gasteiger partial charge in [0, 0.05) is 31.5 Å². The largest absolute Gasteiger partial charge is 0.354 e. The first kappa shape index (κ1) is 16.7. The van der Waals surface area contributed by atoms with Crippen LogP contribution in [0.15, 0.2) is 30.5 Å². The summed E-state index contributed by atoms with van der Waals surface area (Å²) in [6.07, 6.45) is 0.645. The van der Waals surface area contributed by atoms with Gasteiger partial charge in [-0.3, -0.25) is 4.79 Å². The first-order chi connectivity index (χ1) is 11.4. The number of halogens is 4. The molecule has 0 spiro atoms. The molecule has 0 N–H and O–H groups in total. The van der Waals surface area contributed by atoms with Gasteiger partial charge in [0.05, 0.1) is 6.20 Å². The second-order valence-corrected chi connectivity index (χ2v) is 5.89. The van der Waals surface area contributed by atoms with Crippen LogP contribution in [-0.2, 0) is 0 Å². The summed E-state index contributed by atoms with van der Waals surface area (Å²) in [5.74, 6) is -2.74. The minimum Gasteiger partial charge on any atom is -0.354 e. The first-order valence-electron chi connectivity index (χ1n) is 7.31. The number of hydrogen-bond acceptors (Lipinski definition) is 4. The Morgan fingerprint density at radius 1 is 1.17 bits per heavy atom. The van der Waals surface area contributed by atoms with Crippen LogP contribution in [0.5, 0.6) is 0 Å². The van der Waals surface area contributed by atoms with Crippen LogP contribution in [0, 0.1) is 5.82 Å². The lowest BCUT2D eigenvalue weighted by Gasteiger charge is -2.33. The molecule has 1 aliphatic rings. The average molecular weight is 356 g/mol.